The van der Waals surface area contributed by atoms with Gasteiger partial charge in [0.15, 0.2) is 0 Å². The van der Waals surface area contributed by atoms with Crippen LogP contribution in [-0.2, 0) is 17.8 Å². The van der Waals surface area contributed by atoms with Gasteiger partial charge in [0.25, 0.3) is 0 Å². The molecule has 3 heteroatoms. The molecule has 0 fully saturated rings. The molecule has 0 atom stereocenters. The molecule has 66 valence electrons. The van der Waals surface area contributed by atoms with E-state index in [-0.39, 0.29) is 6.42 Å². The molecule has 0 spiro atoms. The normalized spacial score (nSPS) is 10.1. The first-order valence-corrected chi connectivity index (χ1v) is 4.10. The van der Waals surface area contributed by atoms with Gasteiger partial charge in [-0.25, -0.2) is 0 Å². The van der Waals surface area contributed by atoms with Gasteiger partial charge < -0.3 is 9.67 Å². The third-order valence-corrected chi connectivity index (χ3v) is 1.72. The Morgan fingerprint density at radius 2 is 2.42 bits per heavy atom. The van der Waals surface area contributed by atoms with Gasteiger partial charge in [0.1, 0.15) is 0 Å². The quantitative estimate of drug-likeness (QED) is 0.738. The van der Waals surface area contributed by atoms with Crippen molar-refractivity contribution in [3.63, 3.8) is 0 Å². The molecule has 0 radical (unpaired) electrons. The highest BCUT2D eigenvalue weighted by Gasteiger charge is 2.03. The highest BCUT2D eigenvalue weighted by Crippen LogP contribution is 2.04. The van der Waals surface area contributed by atoms with Gasteiger partial charge in [-0.3, -0.25) is 4.79 Å². The van der Waals surface area contributed by atoms with Gasteiger partial charge in [0.05, 0.1) is 6.42 Å². The summed E-state index contributed by atoms with van der Waals surface area (Å²) in [5.41, 5.74) is 0.879. The number of hydrogen-bond acceptors (Lipinski definition) is 1. The summed E-state index contributed by atoms with van der Waals surface area (Å²) in [5, 5.41) is 8.56. The van der Waals surface area contributed by atoms with E-state index < -0.39 is 5.97 Å². The van der Waals surface area contributed by atoms with E-state index in [0.29, 0.717) is 0 Å². The van der Waals surface area contributed by atoms with Crippen LogP contribution in [0.4, 0.5) is 0 Å². The van der Waals surface area contributed by atoms with E-state index in [9.17, 15) is 4.79 Å². The molecular formula is C9H13NO2. The molecule has 0 unspecified atom stereocenters. The van der Waals surface area contributed by atoms with Gasteiger partial charge in [0.2, 0.25) is 0 Å². The molecule has 1 aromatic heterocycles. The van der Waals surface area contributed by atoms with Crippen LogP contribution in [0, 0.1) is 0 Å². The predicted molar refractivity (Wildman–Crippen MR) is 46.1 cm³/mol. The number of carboxylic acid groups (broad SMARTS) is 1. The van der Waals surface area contributed by atoms with Gasteiger partial charge >= 0.3 is 5.97 Å². The molecule has 0 aliphatic carbocycles. The van der Waals surface area contributed by atoms with Crippen molar-refractivity contribution in [2.24, 2.45) is 0 Å². The summed E-state index contributed by atoms with van der Waals surface area (Å²) in [5.74, 6) is -0.772. The molecule has 0 aromatic carbocycles. The van der Waals surface area contributed by atoms with E-state index in [2.05, 4.69) is 6.92 Å². The van der Waals surface area contributed by atoms with Crippen molar-refractivity contribution in [2.75, 3.05) is 0 Å². The first-order chi connectivity index (χ1) is 5.74. The number of carbonyl (C=O) groups is 1. The van der Waals surface area contributed by atoms with Crippen LogP contribution >= 0.6 is 0 Å². The maximum atomic E-state index is 10.4. The Bertz CT molecular complexity index is 265. The van der Waals surface area contributed by atoms with E-state index in [1.54, 1.807) is 0 Å². The number of rotatable bonds is 4. The van der Waals surface area contributed by atoms with Crippen LogP contribution in [-0.4, -0.2) is 15.6 Å². The lowest BCUT2D eigenvalue weighted by atomic mass is 10.3. The predicted octanol–water partition coefficient (Wildman–Crippen LogP) is 1.53. The van der Waals surface area contributed by atoms with Crippen molar-refractivity contribution < 1.29 is 9.90 Å². The van der Waals surface area contributed by atoms with Crippen molar-refractivity contribution in [3.05, 3.63) is 24.0 Å². The standard InChI is InChI=1S/C9H13NO2/c1-2-5-10-6-3-4-8(10)7-9(11)12/h3-4,6H,2,5,7H2,1H3,(H,11,12). The largest absolute Gasteiger partial charge is 0.481 e. The molecule has 1 aromatic rings. The molecule has 3 nitrogen and oxygen atoms in total. The number of aromatic nitrogens is 1. The second kappa shape index (κ2) is 3.95. The minimum absolute atomic E-state index is 0.118. The van der Waals surface area contributed by atoms with Gasteiger partial charge in [-0.05, 0) is 18.6 Å². The number of aryl methyl sites for hydroxylation is 1. The molecule has 0 bridgehead atoms. The lowest BCUT2D eigenvalue weighted by Crippen LogP contribution is -2.07. The minimum atomic E-state index is -0.772. The Balaban J connectivity index is 2.69. The van der Waals surface area contributed by atoms with E-state index in [1.165, 1.54) is 0 Å². The summed E-state index contributed by atoms with van der Waals surface area (Å²) >= 11 is 0. The minimum Gasteiger partial charge on any atom is -0.481 e. The maximum absolute atomic E-state index is 10.4. The fourth-order valence-electron chi connectivity index (χ4n) is 1.22. The van der Waals surface area contributed by atoms with Gasteiger partial charge in [-0.1, -0.05) is 6.92 Å². The SMILES string of the molecule is CCCn1cccc1CC(=O)O. The van der Waals surface area contributed by atoms with Crippen LogP contribution in [0.25, 0.3) is 0 Å². The fraction of sp³-hybridized carbons (Fsp3) is 0.444. The van der Waals surface area contributed by atoms with Crippen LogP contribution < -0.4 is 0 Å². The molecule has 0 aliphatic heterocycles. The molecule has 12 heavy (non-hydrogen) atoms. The summed E-state index contributed by atoms with van der Waals surface area (Å²) in [6.07, 6.45) is 3.07. The number of carboxylic acids is 1. The van der Waals surface area contributed by atoms with Crippen LogP contribution in [0.1, 0.15) is 19.0 Å². The average molecular weight is 167 g/mol. The highest BCUT2D eigenvalue weighted by atomic mass is 16.4. The third kappa shape index (κ3) is 2.12. The molecule has 1 heterocycles. The summed E-state index contributed by atoms with van der Waals surface area (Å²) < 4.78 is 1.98. The molecule has 0 amide bonds. The Morgan fingerprint density at radius 3 is 3.00 bits per heavy atom. The highest BCUT2D eigenvalue weighted by molar-refractivity contribution is 5.69. The lowest BCUT2D eigenvalue weighted by molar-refractivity contribution is -0.136. The Labute approximate surface area is 71.6 Å². The monoisotopic (exact) mass is 167 g/mol. The van der Waals surface area contributed by atoms with E-state index in [1.807, 2.05) is 22.9 Å². The lowest BCUT2D eigenvalue weighted by Gasteiger charge is -2.04. The smallest absolute Gasteiger partial charge is 0.309 e. The van der Waals surface area contributed by atoms with Crippen molar-refractivity contribution in [3.8, 4) is 0 Å². The zero-order valence-electron chi connectivity index (χ0n) is 7.16. The second-order valence-corrected chi connectivity index (χ2v) is 2.76. The molecule has 1 N–H and O–H groups in total. The number of nitrogens with zero attached hydrogens (tertiary/aromatic N) is 1. The summed E-state index contributed by atoms with van der Waals surface area (Å²) in [6, 6.07) is 3.73. The van der Waals surface area contributed by atoms with Crippen molar-refractivity contribution >= 4 is 5.97 Å². The van der Waals surface area contributed by atoms with Gasteiger partial charge in [-0.15, -0.1) is 0 Å². The Kier molecular flexibility index (Phi) is 2.91. The van der Waals surface area contributed by atoms with Gasteiger partial charge in [0, 0.05) is 18.4 Å². The molecular weight excluding hydrogens is 154 g/mol. The average Bonchev–Trinajstić information content (AvgIpc) is 2.37. The topological polar surface area (TPSA) is 42.2 Å². The van der Waals surface area contributed by atoms with Crippen LogP contribution in [0.3, 0.4) is 0 Å². The van der Waals surface area contributed by atoms with Crippen molar-refractivity contribution in [2.45, 2.75) is 26.3 Å². The van der Waals surface area contributed by atoms with Crippen LogP contribution in [0.2, 0.25) is 0 Å². The number of hydrogen-bond donors (Lipinski definition) is 1. The van der Waals surface area contributed by atoms with E-state index in [4.69, 9.17) is 5.11 Å². The van der Waals surface area contributed by atoms with Crippen LogP contribution in [0.15, 0.2) is 18.3 Å². The zero-order chi connectivity index (χ0) is 8.97. The summed E-state index contributed by atoms with van der Waals surface area (Å²) in [6.45, 7) is 2.97. The van der Waals surface area contributed by atoms with Crippen molar-refractivity contribution in [1.82, 2.24) is 4.57 Å². The zero-order valence-corrected chi connectivity index (χ0v) is 7.16. The Morgan fingerprint density at radius 1 is 1.67 bits per heavy atom. The first-order valence-electron chi connectivity index (χ1n) is 4.10. The van der Waals surface area contributed by atoms with E-state index >= 15 is 0 Å². The second-order valence-electron chi connectivity index (χ2n) is 2.76. The summed E-state index contributed by atoms with van der Waals surface area (Å²) in [4.78, 5) is 10.4. The summed E-state index contributed by atoms with van der Waals surface area (Å²) in [7, 11) is 0. The third-order valence-electron chi connectivity index (χ3n) is 1.72. The molecule has 0 saturated carbocycles. The fourth-order valence-corrected chi connectivity index (χ4v) is 1.22. The van der Waals surface area contributed by atoms with Crippen LogP contribution in [0.5, 0.6) is 0 Å². The number of aliphatic carboxylic acids is 1. The van der Waals surface area contributed by atoms with E-state index in [0.717, 1.165) is 18.7 Å². The maximum Gasteiger partial charge on any atom is 0.309 e. The Hall–Kier alpha value is -1.25. The molecule has 0 aliphatic rings. The van der Waals surface area contributed by atoms with Crippen molar-refractivity contribution in [1.29, 1.82) is 0 Å². The molecule has 0 saturated heterocycles. The molecule has 1 rings (SSSR count). The van der Waals surface area contributed by atoms with Gasteiger partial charge in [-0.2, -0.15) is 0 Å². The first kappa shape index (κ1) is 8.84.